The number of thioether (sulfide) groups is 1. The number of hydrogen-bond donors (Lipinski definition) is 1. The Kier molecular flexibility index (Phi) is 4.78. The third kappa shape index (κ3) is 2.63. The zero-order valence-electron chi connectivity index (χ0n) is 11.4. The molecule has 1 aromatic heterocycles. The molecule has 102 valence electrons. The van der Waals surface area contributed by atoms with Crippen molar-refractivity contribution in [3.8, 4) is 0 Å². The van der Waals surface area contributed by atoms with E-state index in [0.29, 0.717) is 6.04 Å². The Balaban J connectivity index is 2.37. The van der Waals surface area contributed by atoms with E-state index in [1.54, 1.807) is 0 Å². The second kappa shape index (κ2) is 5.97. The van der Waals surface area contributed by atoms with Crippen LogP contribution >= 0.6 is 27.7 Å². The molecule has 0 aliphatic carbocycles. The molecule has 1 fully saturated rings. The molecule has 0 aromatic carbocycles. The Labute approximate surface area is 122 Å². The molecule has 2 heterocycles. The molecule has 1 N–H and O–H groups in total. The van der Waals surface area contributed by atoms with Crippen LogP contribution in [0.25, 0.3) is 0 Å². The number of nitrogens with one attached hydrogen (secondary N) is 1. The molecule has 1 aliphatic rings. The van der Waals surface area contributed by atoms with Gasteiger partial charge < -0.3 is 5.32 Å². The zero-order chi connectivity index (χ0) is 13.2. The van der Waals surface area contributed by atoms with Gasteiger partial charge in [-0.2, -0.15) is 16.9 Å². The van der Waals surface area contributed by atoms with Crippen molar-refractivity contribution < 1.29 is 0 Å². The van der Waals surface area contributed by atoms with Gasteiger partial charge in [0.15, 0.2) is 0 Å². The minimum absolute atomic E-state index is 0.283. The van der Waals surface area contributed by atoms with E-state index in [2.05, 4.69) is 63.6 Å². The van der Waals surface area contributed by atoms with Crippen LogP contribution in [0.2, 0.25) is 0 Å². The van der Waals surface area contributed by atoms with Crippen molar-refractivity contribution in [3.05, 3.63) is 16.4 Å². The van der Waals surface area contributed by atoms with Gasteiger partial charge in [-0.25, -0.2) is 0 Å². The topological polar surface area (TPSA) is 29.9 Å². The molecule has 0 bridgehead atoms. The SMILES string of the molecule is CCNC(c1c(Br)cnn1CC)C1(C)CCCS1. The number of rotatable bonds is 5. The van der Waals surface area contributed by atoms with E-state index in [1.807, 2.05) is 6.20 Å². The lowest BCUT2D eigenvalue weighted by molar-refractivity contribution is 0.392. The fourth-order valence-electron chi connectivity index (χ4n) is 2.75. The first kappa shape index (κ1) is 14.4. The average Bonchev–Trinajstić information content (AvgIpc) is 2.94. The zero-order valence-corrected chi connectivity index (χ0v) is 13.8. The summed E-state index contributed by atoms with van der Waals surface area (Å²) in [6.45, 7) is 8.62. The third-order valence-electron chi connectivity index (χ3n) is 3.67. The average molecular weight is 332 g/mol. The molecule has 0 radical (unpaired) electrons. The normalized spacial score (nSPS) is 25.6. The van der Waals surface area contributed by atoms with Gasteiger partial charge in [-0.3, -0.25) is 4.68 Å². The minimum atomic E-state index is 0.283. The summed E-state index contributed by atoms with van der Waals surface area (Å²) in [7, 11) is 0. The summed E-state index contributed by atoms with van der Waals surface area (Å²) in [5.74, 6) is 1.27. The summed E-state index contributed by atoms with van der Waals surface area (Å²) >= 11 is 5.76. The number of aryl methyl sites for hydroxylation is 1. The molecule has 18 heavy (non-hydrogen) atoms. The molecule has 1 aliphatic heterocycles. The van der Waals surface area contributed by atoms with Crippen LogP contribution in [0.5, 0.6) is 0 Å². The fourth-order valence-corrected chi connectivity index (χ4v) is 4.68. The monoisotopic (exact) mass is 331 g/mol. The number of halogens is 1. The lowest BCUT2D eigenvalue weighted by Crippen LogP contribution is -2.39. The van der Waals surface area contributed by atoms with Crippen molar-refractivity contribution in [3.63, 3.8) is 0 Å². The number of aromatic nitrogens is 2. The fraction of sp³-hybridized carbons (Fsp3) is 0.769. The molecule has 2 atom stereocenters. The molecule has 3 nitrogen and oxygen atoms in total. The first-order valence-electron chi connectivity index (χ1n) is 6.71. The van der Waals surface area contributed by atoms with Crippen LogP contribution in [0.3, 0.4) is 0 Å². The van der Waals surface area contributed by atoms with Gasteiger partial charge in [-0.1, -0.05) is 6.92 Å². The summed E-state index contributed by atoms with van der Waals surface area (Å²) in [6, 6.07) is 0.367. The van der Waals surface area contributed by atoms with E-state index in [1.165, 1.54) is 24.3 Å². The van der Waals surface area contributed by atoms with Crippen LogP contribution in [-0.4, -0.2) is 26.8 Å². The first-order chi connectivity index (χ1) is 8.62. The highest BCUT2D eigenvalue weighted by Crippen LogP contribution is 2.47. The molecule has 5 heteroatoms. The van der Waals surface area contributed by atoms with E-state index in [9.17, 15) is 0 Å². The highest BCUT2D eigenvalue weighted by molar-refractivity contribution is 9.10. The van der Waals surface area contributed by atoms with Crippen LogP contribution in [-0.2, 0) is 6.54 Å². The second-order valence-electron chi connectivity index (χ2n) is 4.95. The van der Waals surface area contributed by atoms with Crippen LogP contribution < -0.4 is 5.32 Å². The van der Waals surface area contributed by atoms with Gasteiger partial charge in [0.2, 0.25) is 0 Å². The lowest BCUT2D eigenvalue weighted by Gasteiger charge is -2.34. The summed E-state index contributed by atoms with van der Waals surface area (Å²) in [5, 5.41) is 8.13. The largest absolute Gasteiger partial charge is 0.308 e. The molecule has 2 rings (SSSR count). The maximum absolute atomic E-state index is 4.46. The summed E-state index contributed by atoms with van der Waals surface area (Å²) in [5.41, 5.74) is 1.30. The van der Waals surface area contributed by atoms with E-state index >= 15 is 0 Å². The van der Waals surface area contributed by atoms with Crippen LogP contribution in [0, 0.1) is 0 Å². The molecule has 0 amide bonds. The van der Waals surface area contributed by atoms with Crippen molar-refractivity contribution in [1.29, 1.82) is 0 Å². The number of nitrogens with zero attached hydrogens (tertiary/aromatic N) is 2. The van der Waals surface area contributed by atoms with Gasteiger partial charge >= 0.3 is 0 Å². The van der Waals surface area contributed by atoms with E-state index in [4.69, 9.17) is 0 Å². The standard InChI is InChI=1S/C13H22BrN3S/c1-4-15-12(13(3)7-6-8-18-13)11-10(14)9-16-17(11)5-2/h9,12,15H,4-8H2,1-3H3. The summed E-state index contributed by atoms with van der Waals surface area (Å²) in [4.78, 5) is 0. The smallest absolute Gasteiger partial charge is 0.0709 e. The Morgan fingerprint density at radius 2 is 2.39 bits per heavy atom. The predicted octanol–water partition coefficient (Wildman–Crippen LogP) is 3.60. The van der Waals surface area contributed by atoms with Crippen molar-refractivity contribution >= 4 is 27.7 Å². The van der Waals surface area contributed by atoms with Gasteiger partial charge in [0.25, 0.3) is 0 Å². The Hall–Kier alpha value is -0.000000000000000111. The van der Waals surface area contributed by atoms with Gasteiger partial charge in [0.1, 0.15) is 0 Å². The van der Waals surface area contributed by atoms with Gasteiger partial charge in [0.05, 0.1) is 22.4 Å². The maximum Gasteiger partial charge on any atom is 0.0709 e. The van der Waals surface area contributed by atoms with E-state index in [-0.39, 0.29) is 4.75 Å². The lowest BCUT2D eigenvalue weighted by atomic mass is 9.93. The van der Waals surface area contributed by atoms with Crippen molar-refractivity contribution in [2.24, 2.45) is 0 Å². The van der Waals surface area contributed by atoms with Gasteiger partial charge in [-0.15, -0.1) is 0 Å². The van der Waals surface area contributed by atoms with Crippen molar-refractivity contribution in [2.45, 2.75) is 50.9 Å². The maximum atomic E-state index is 4.46. The molecule has 1 aromatic rings. The van der Waals surface area contributed by atoms with Gasteiger partial charge in [0, 0.05) is 11.3 Å². The van der Waals surface area contributed by atoms with E-state index in [0.717, 1.165) is 17.6 Å². The third-order valence-corrected chi connectivity index (χ3v) is 5.88. The molecular weight excluding hydrogens is 310 g/mol. The predicted molar refractivity (Wildman–Crippen MR) is 82.1 cm³/mol. The Bertz CT molecular complexity index is 399. The molecule has 0 spiro atoms. The molecule has 0 saturated carbocycles. The van der Waals surface area contributed by atoms with E-state index < -0.39 is 0 Å². The Morgan fingerprint density at radius 3 is 2.94 bits per heavy atom. The molecule has 2 unspecified atom stereocenters. The van der Waals surface area contributed by atoms with Crippen LogP contribution in [0.1, 0.15) is 45.3 Å². The molecular formula is C13H22BrN3S. The second-order valence-corrected chi connectivity index (χ2v) is 7.43. The van der Waals surface area contributed by atoms with Crippen LogP contribution in [0.15, 0.2) is 10.7 Å². The summed E-state index contributed by atoms with van der Waals surface area (Å²) in [6.07, 6.45) is 4.52. The van der Waals surface area contributed by atoms with Gasteiger partial charge in [-0.05, 0) is 54.9 Å². The Morgan fingerprint density at radius 1 is 1.61 bits per heavy atom. The summed E-state index contributed by atoms with van der Waals surface area (Å²) < 4.78 is 3.52. The van der Waals surface area contributed by atoms with Crippen LogP contribution in [0.4, 0.5) is 0 Å². The van der Waals surface area contributed by atoms with Crippen molar-refractivity contribution in [2.75, 3.05) is 12.3 Å². The van der Waals surface area contributed by atoms with Crippen molar-refractivity contribution in [1.82, 2.24) is 15.1 Å². The number of hydrogen-bond acceptors (Lipinski definition) is 3. The molecule has 1 saturated heterocycles. The first-order valence-corrected chi connectivity index (χ1v) is 8.48. The highest BCUT2D eigenvalue weighted by atomic mass is 79.9. The minimum Gasteiger partial charge on any atom is -0.308 e. The highest BCUT2D eigenvalue weighted by Gasteiger charge is 2.40. The quantitative estimate of drug-likeness (QED) is 0.893.